The first-order chi connectivity index (χ1) is 9.71. The summed E-state index contributed by atoms with van der Waals surface area (Å²) in [6.45, 7) is 0. The molecule has 0 N–H and O–H groups in total. The van der Waals surface area contributed by atoms with Crippen LogP contribution in [0.1, 0.15) is 5.56 Å². The number of hydrogen-bond acceptors (Lipinski definition) is 5. The SMILES string of the molecule is COc1cc2c(cc1OC)N=C1N=C(Cl)C=CN=C1C2. The Balaban J connectivity index is 2.14. The Hall–Kier alpha value is -2.14. The lowest BCUT2D eigenvalue weighted by molar-refractivity contribution is 0.355. The normalized spacial score (nSPS) is 16.2. The van der Waals surface area contributed by atoms with Gasteiger partial charge in [0.05, 0.1) is 25.6 Å². The Morgan fingerprint density at radius 3 is 2.60 bits per heavy atom. The molecule has 0 bridgehead atoms. The van der Waals surface area contributed by atoms with Gasteiger partial charge in [-0.05, 0) is 17.7 Å². The molecular formula is C14H12ClN3O2. The number of ether oxygens (including phenoxy) is 2. The smallest absolute Gasteiger partial charge is 0.176 e. The molecule has 0 radical (unpaired) electrons. The number of fused-ring (bicyclic) bond motifs is 2. The van der Waals surface area contributed by atoms with Crippen LogP contribution in [0.25, 0.3) is 0 Å². The Morgan fingerprint density at radius 2 is 1.85 bits per heavy atom. The standard InChI is InChI=1S/C14H12ClN3O2/c1-19-11-6-8-5-10-14(18-13(15)3-4-16-10)17-9(8)7-12(11)20-2/h3-4,6-7H,5H2,1-2H3. The lowest BCUT2D eigenvalue weighted by Gasteiger charge is -2.17. The molecule has 2 heterocycles. The highest BCUT2D eigenvalue weighted by Crippen LogP contribution is 2.37. The number of methoxy groups -OCH3 is 2. The Bertz CT molecular complexity index is 690. The maximum atomic E-state index is 5.94. The maximum Gasteiger partial charge on any atom is 0.176 e. The molecule has 102 valence electrons. The molecule has 0 saturated carbocycles. The molecule has 0 amide bonds. The van der Waals surface area contributed by atoms with Crippen molar-refractivity contribution in [2.75, 3.05) is 14.2 Å². The first kappa shape index (κ1) is 12.9. The molecule has 2 aliphatic heterocycles. The van der Waals surface area contributed by atoms with Crippen molar-refractivity contribution in [3.8, 4) is 11.5 Å². The first-order valence-corrected chi connectivity index (χ1v) is 6.40. The molecule has 0 spiro atoms. The zero-order valence-corrected chi connectivity index (χ0v) is 11.8. The highest BCUT2D eigenvalue weighted by molar-refractivity contribution is 6.70. The zero-order valence-electron chi connectivity index (χ0n) is 11.1. The molecule has 1 aromatic rings. The quantitative estimate of drug-likeness (QED) is 0.840. The summed E-state index contributed by atoms with van der Waals surface area (Å²) < 4.78 is 10.6. The summed E-state index contributed by atoms with van der Waals surface area (Å²) in [5, 5.41) is 0.367. The predicted molar refractivity (Wildman–Crippen MR) is 80.2 cm³/mol. The van der Waals surface area contributed by atoms with Crippen molar-refractivity contribution in [1.29, 1.82) is 0 Å². The summed E-state index contributed by atoms with van der Waals surface area (Å²) >= 11 is 5.94. The van der Waals surface area contributed by atoms with Gasteiger partial charge in [0.15, 0.2) is 17.3 Å². The highest BCUT2D eigenvalue weighted by Gasteiger charge is 2.21. The fourth-order valence-electron chi connectivity index (χ4n) is 2.11. The lowest BCUT2D eigenvalue weighted by atomic mass is 10.0. The van der Waals surface area contributed by atoms with E-state index in [1.54, 1.807) is 26.5 Å². The van der Waals surface area contributed by atoms with Crippen molar-refractivity contribution in [1.82, 2.24) is 0 Å². The fourth-order valence-corrected chi connectivity index (χ4v) is 2.25. The van der Waals surface area contributed by atoms with E-state index in [2.05, 4.69) is 15.0 Å². The second kappa shape index (κ2) is 5.09. The molecule has 20 heavy (non-hydrogen) atoms. The third-order valence-corrected chi connectivity index (χ3v) is 3.29. The minimum absolute atomic E-state index is 0.367. The molecule has 6 heteroatoms. The van der Waals surface area contributed by atoms with Crippen molar-refractivity contribution >= 4 is 34.0 Å². The molecule has 0 aromatic heterocycles. The van der Waals surface area contributed by atoms with E-state index < -0.39 is 0 Å². The largest absolute Gasteiger partial charge is 0.493 e. The van der Waals surface area contributed by atoms with Gasteiger partial charge in [-0.15, -0.1) is 0 Å². The predicted octanol–water partition coefficient (Wildman–Crippen LogP) is 2.90. The van der Waals surface area contributed by atoms with E-state index in [-0.39, 0.29) is 0 Å². The van der Waals surface area contributed by atoms with Crippen LogP contribution >= 0.6 is 11.6 Å². The summed E-state index contributed by atoms with van der Waals surface area (Å²) in [4.78, 5) is 13.1. The highest BCUT2D eigenvalue weighted by atomic mass is 35.5. The molecule has 0 fully saturated rings. The van der Waals surface area contributed by atoms with Crippen molar-refractivity contribution in [2.45, 2.75) is 6.42 Å². The average Bonchev–Trinajstić information content (AvgIpc) is 2.63. The monoisotopic (exact) mass is 289 g/mol. The molecule has 3 rings (SSSR count). The van der Waals surface area contributed by atoms with Gasteiger partial charge in [-0.25, -0.2) is 9.98 Å². The van der Waals surface area contributed by atoms with E-state index >= 15 is 0 Å². The number of rotatable bonds is 2. The van der Waals surface area contributed by atoms with E-state index in [0.717, 1.165) is 17.0 Å². The Labute approximate surface area is 121 Å². The van der Waals surface area contributed by atoms with Crippen molar-refractivity contribution in [3.63, 3.8) is 0 Å². The van der Waals surface area contributed by atoms with Crippen molar-refractivity contribution in [3.05, 3.63) is 30.0 Å². The molecule has 2 aliphatic rings. The van der Waals surface area contributed by atoms with Gasteiger partial charge < -0.3 is 9.47 Å². The summed E-state index contributed by atoms with van der Waals surface area (Å²) in [6, 6.07) is 3.75. The van der Waals surface area contributed by atoms with Gasteiger partial charge in [0, 0.05) is 18.7 Å². The van der Waals surface area contributed by atoms with E-state index in [1.807, 2.05) is 12.1 Å². The summed E-state index contributed by atoms with van der Waals surface area (Å²) in [7, 11) is 3.20. The first-order valence-electron chi connectivity index (χ1n) is 6.02. The number of amidine groups is 1. The average molecular weight is 290 g/mol. The van der Waals surface area contributed by atoms with E-state index in [9.17, 15) is 0 Å². The summed E-state index contributed by atoms with van der Waals surface area (Å²) in [5.74, 6) is 1.86. The number of allylic oxidation sites excluding steroid dienone is 1. The lowest BCUT2D eigenvalue weighted by Crippen LogP contribution is -2.18. The van der Waals surface area contributed by atoms with Crippen LogP contribution in [0.4, 0.5) is 5.69 Å². The number of nitrogens with zero attached hydrogens (tertiary/aromatic N) is 3. The van der Waals surface area contributed by atoms with Crippen LogP contribution in [-0.2, 0) is 6.42 Å². The van der Waals surface area contributed by atoms with Gasteiger partial charge in [0.2, 0.25) is 0 Å². The van der Waals surface area contributed by atoms with Crippen LogP contribution < -0.4 is 9.47 Å². The topological polar surface area (TPSA) is 55.5 Å². The van der Waals surface area contributed by atoms with Gasteiger partial charge >= 0.3 is 0 Å². The molecular weight excluding hydrogens is 278 g/mol. The zero-order chi connectivity index (χ0) is 14.1. The van der Waals surface area contributed by atoms with Gasteiger partial charge in [0.25, 0.3) is 0 Å². The van der Waals surface area contributed by atoms with Gasteiger partial charge in [-0.1, -0.05) is 11.6 Å². The Morgan fingerprint density at radius 1 is 1.10 bits per heavy atom. The molecule has 5 nitrogen and oxygen atoms in total. The van der Waals surface area contributed by atoms with E-state index in [4.69, 9.17) is 21.1 Å². The van der Waals surface area contributed by atoms with Gasteiger partial charge in [-0.3, -0.25) is 4.99 Å². The number of benzene rings is 1. The minimum Gasteiger partial charge on any atom is -0.493 e. The minimum atomic E-state index is 0.367. The Kier molecular flexibility index (Phi) is 3.28. The second-order valence-electron chi connectivity index (χ2n) is 4.27. The third kappa shape index (κ3) is 2.20. The fraction of sp³-hybridized carbons (Fsp3) is 0.214. The number of aliphatic imine (C=N–C) groups is 3. The molecule has 0 unspecified atom stereocenters. The van der Waals surface area contributed by atoms with Gasteiger partial charge in [-0.2, -0.15) is 0 Å². The van der Waals surface area contributed by atoms with Crippen LogP contribution in [0, 0.1) is 0 Å². The van der Waals surface area contributed by atoms with Crippen molar-refractivity contribution in [2.24, 2.45) is 15.0 Å². The number of halogens is 1. The maximum absolute atomic E-state index is 5.94. The van der Waals surface area contributed by atoms with E-state index in [1.165, 1.54) is 0 Å². The van der Waals surface area contributed by atoms with Crippen LogP contribution in [0.2, 0.25) is 0 Å². The number of hydrogen-bond donors (Lipinski definition) is 0. The molecule has 0 aliphatic carbocycles. The molecule has 0 saturated heterocycles. The summed E-state index contributed by atoms with van der Waals surface area (Å²) in [6.07, 6.45) is 3.91. The van der Waals surface area contributed by atoms with Crippen LogP contribution in [0.5, 0.6) is 11.5 Å². The molecule has 0 atom stereocenters. The van der Waals surface area contributed by atoms with E-state index in [0.29, 0.717) is 28.9 Å². The second-order valence-corrected chi connectivity index (χ2v) is 4.66. The summed E-state index contributed by atoms with van der Waals surface area (Å²) in [5.41, 5.74) is 2.61. The third-order valence-electron chi connectivity index (χ3n) is 3.08. The van der Waals surface area contributed by atoms with Crippen LogP contribution in [0.3, 0.4) is 0 Å². The van der Waals surface area contributed by atoms with Crippen LogP contribution in [0.15, 0.2) is 39.4 Å². The van der Waals surface area contributed by atoms with Gasteiger partial charge in [0.1, 0.15) is 5.17 Å². The van der Waals surface area contributed by atoms with Crippen LogP contribution in [-0.4, -0.2) is 30.9 Å². The molecule has 1 aromatic carbocycles. The van der Waals surface area contributed by atoms with Crippen molar-refractivity contribution < 1.29 is 9.47 Å².